The molecule has 3 saturated carbocycles. The third-order valence-electron chi connectivity index (χ3n) is 10.9. The third-order valence-corrected chi connectivity index (χ3v) is 10.9. The smallest absolute Gasteiger partial charge is 0.00239 e. The first kappa shape index (κ1) is 19.2. The lowest BCUT2D eigenvalue weighted by Crippen LogP contribution is -2.42. The van der Waals surface area contributed by atoms with Gasteiger partial charge >= 0.3 is 0 Å². The van der Waals surface area contributed by atoms with E-state index >= 15 is 0 Å². The molecule has 5 aliphatic rings. The molecule has 0 radical (unpaired) electrons. The molecule has 0 unspecified atom stereocenters. The van der Waals surface area contributed by atoms with E-state index in [0.717, 1.165) is 23.7 Å². The molecule has 0 heteroatoms. The highest BCUT2D eigenvalue weighted by molar-refractivity contribution is 5.46. The van der Waals surface area contributed by atoms with Crippen molar-refractivity contribution >= 4 is 0 Å². The Balaban J connectivity index is 1.45. The van der Waals surface area contributed by atoms with Crippen molar-refractivity contribution in [1.82, 2.24) is 0 Å². The summed E-state index contributed by atoms with van der Waals surface area (Å²) in [5.74, 6) is 4.86. The zero-order valence-corrected chi connectivity index (χ0v) is 19.2. The van der Waals surface area contributed by atoms with Gasteiger partial charge in [-0.05, 0) is 102 Å². The van der Waals surface area contributed by atoms with Gasteiger partial charge < -0.3 is 0 Å². The van der Waals surface area contributed by atoms with Crippen LogP contribution in [-0.2, 0) is 0 Å². The van der Waals surface area contributed by atoms with Crippen molar-refractivity contribution in [2.45, 2.75) is 86.5 Å². The number of hydrogen-bond donors (Lipinski definition) is 0. The third kappa shape index (κ3) is 2.36. The molecule has 0 aromatic heterocycles. The fourth-order valence-corrected chi connectivity index (χ4v) is 8.42. The number of rotatable bonds is 4. The highest BCUT2D eigenvalue weighted by Gasteiger charge is 2.71. The monoisotopic (exact) mass is 378 g/mol. The zero-order chi connectivity index (χ0) is 19.9. The molecule has 3 fully saturated rings. The Kier molecular flexibility index (Phi) is 4.19. The maximum Gasteiger partial charge on any atom is -0.00239 e. The molecular weight excluding hydrogens is 336 g/mol. The maximum absolute atomic E-state index is 2.70. The molecule has 5 aliphatic carbocycles. The first-order valence-corrected chi connectivity index (χ1v) is 12.3. The summed E-state index contributed by atoms with van der Waals surface area (Å²) in [6.45, 7) is 14.9. The topological polar surface area (TPSA) is 0 Å². The van der Waals surface area contributed by atoms with Gasteiger partial charge in [0.25, 0.3) is 0 Å². The second-order valence-electron chi connectivity index (χ2n) is 12.2. The number of fused-ring (bicyclic) bond motifs is 3. The van der Waals surface area contributed by atoms with E-state index in [1.165, 1.54) is 44.9 Å². The van der Waals surface area contributed by atoms with Gasteiger partial charge in [-0.1, -0.05) is 71.4 Å². The first-order valence-electron chi connectivity index (χ1n) is 12.3. The summed E-state index contributed by atoms with van der Waals surface area (Å²) in [6.07, 6.45) is 20.5. The molecule has 1 spiro atoms. The van der Waals surface area contributed by atoms with Crippen molar-refractivity contribution in [3.63, 3.8) is 0 Å². The normalized spacial score (nSPS) is 48.5. The summed E-state index contributed by atoms with van der Waals surface area (Å²) < 4.78 is 0. The average molecular weight is 379 g/mol. The van der Waals surface area contributed by atoms with Crippen LogP contribution < -0.4 is 0 Å². The fourth-order valence-electron chi connectivity index (χ4n) is 8.42. The van der Waals surface area contributed by atoms with Crippen LogP contribution in [0, 0.1) is 51.8 Å². The van der Waals surface area contributed by atoms with Crippen molar-refractivity contribution in [1.29, 1.82) is 0 Å². The van der Waals surface area contributed by atoms with E-state index in [0.29, 0.717) is 28.1 Å². The van der Waals surface area contributed by atoms with Crippen molar-refractivity contribution in [2.75, 3.05) is 0 Å². The summed E-state index contributed by atoms with van der Waals surface area (Å²) in [5.41, 5.74) is 5.32. The molecule has 154 valence electrons. The summed E-state index contributed by atoms with van der Waals surface area (Å²) in [4.78, 5) is 0. The minimum atomic E-state index is 0.448. The lowest BCUT2D eigenvalue weighted by molar-refractivity contribution is 0.0893. The minimum Gasteiger partial charge on any atom is -0.0852 e. The van der Waals surface area contributed by atoms with Crippen molar-refractivity contribution in [2.24, 2.45) is 51.8 Å². The second kappa shape index (κ2) is 6.12. The largest absolute Gasteiger partial charge is 0.0852 e. The average Bonchev–Trinajstić information content (AvgIpc) is 3.14. The van der Waals surface area contributed by atoms with Crippen molar-refractivity contribution in [3.05, 3.63) is 35.5 Å². The second-order valence-corrected chi connectivity index (χ2v) is 12.2. The van der Waals surface area contributed by atoms with Gasteiger partial charge in [0.1, 0.15) is 0 Å². The van der Waals surface area contributed by atoms with Crippen LogP contribution in [-0.4, -0.2) is 0 Å². The van der Waals surface area contributed by atoms with Gasteiger partial charge in [-0.15, -0.1) is 0 Å². The Hall–Kier alpha value is -0.780. The molecule has 5 rings (SSSR count). The molecule has 0 N–H and O–H groups in total. The van der Waals surface area contributed by atoms with Gasteiger partial charge in [0.2, 0.25) is 0 Å². The molecule has 0 aliphatic heterocycles. The van der Waals surface area contributed by atoms with Crippen LogP contribution in [0.1, 0.15) is 86.5 Å². The number of allylic oxidation sites excluding steroid dienone is 6. The zero-order valence-electron chi connectivity index (χ0n) is 19.2. The Morgan fingerprint density at radius 2 is 1.79 bits per heavy atom. The van der Waals surface area contributed by atoms with Gasteiger partial charge in [0.15, 0.2) is 0 Å². The van der Waals surface area contributed by atoms with Crippen LogP contribution in [0.15, 0.2) is 35.5 Å². The van der Waals surface area contributed by atoms with Crippen LogP contribution in [0.2, 0.25) is 0 Å². The Bertz CT molecular complexity index is 750. The van der Waals surface area contributed by atoms with Gasteiger partial charge in [0, 0.05) is 0 Å². The Morgan fingerprint density at radius 3 is 2.50 bits per heavy atom. The van der Waals surface area contributed by atoms with E-state index in [-0.39, 0.29) is 0 Å². The van der Waals surface area contributed by atoms with Crippen molar-refractivity contribution < 1.29 is 0 Å². The summed E-state index contributed by atoms with van der Waals surface area (Å²) in [7, 11) is 0. The molecule has 0 nitrogen and oxygen atoms in total. The predicted octanol–water partition coefficient (Wildman–Crippen LogP) is 7.97. The van der Waals surface area contributed by atoms with E-state index in [1.807, 2.05) is 11.1 Å². The highest BCUT2D eigenvalue weighted by Crippen LogP contribution is 2.79. The molecule has 0 amide bonds. The minimum absolute atomic E-state index is 0.448. The van der Waals surface area contributed by atoms with Crippen LogP contribution >= 0.6 is 0 Å². The van der Waals surface area contributed by atoms with E-state index in [1.54, 1.807) is 0 Å². The quantitative estimate of drug-likeness (QED) is 0.435. The lowest BCUT2D eigenvalue weighted by Gasteiger charge is -2.51. The van der Waals surface area contributed by atoms with E-state index in [2.05, 4.69) is 65.8 Å². The summed E-state index contributed by atoms with van der Waals surface area (Å²) in [6, 6.07) is 0. The van der Waals surface area contributed by atoms with Crippen molar-refractivity contribution in [3.8, 4) is 0 Å². The van der Waals surface area contributed by atoms with Gasteiger partial charge in [-0.25, -0.2) is 0 Å². The van der Waals surface area contributed by atoms with Crippen LogP contribution in [0.3, 0.4) is 0 Å². The standard InChI is InChI=1S/C28H42/c1-18(2)19(3)7-8-20(4)23-9-10-24-22-12-16-28-17-21(28)11-15-27(28,6)25(22)13-14-26(23,24)5/h7-8,12,16,18-21,23,25H,9-11,13-15,17H2,1-6H3/b8-7+/t19-,20+,21-,23+,25-,26+,27+,28+/m0/s1. The Morgan fingerprint density at radius 1 is 1.00 bits per heavy atom. The lowest BCUT2D eigenvalue weighted by atomic mass is 9.53. The molecular formula is C28H42. The molecule has 0 aromatic rings. The molecule has 0 aromatic carbocycles. The predicted molar refractivity (Wildman–Crippen MR) is 120 cm³/mol. The highest BCUT2D eigenvalue weighted by atomic mass is 14.7. The van der Waals surface area contributed by atoms with Gasteiger partial charge in [-0.2, -0.15) is 0 Å². The van der Waals surface area contributed by atoms with E-state index < -0.39 is 0 Å². The van der Waals surface area contributed by atoms with Gasteiger partial charge in [0.05, 0.1) is 0 Å². The summed E-state index contributed by atoms with van der Waals surface area (Å²) in [5, 5.41) is 0. The summed E-state index contributed by atoms with van der Waals surface area (Å²) >= 11 is 0. The first-order chi connectivity index (χ1) is 13.2. The molecule has 8 atom stereocenters. The van der Waals surface area contributed by atoms with Crippen LogP contribution in [0.5, 0.6) is 0 Å². The van der Waals surface area contributed by atoms with E-state index in [9.17, 15) is 0 Å². The van der Waals surface area contributed by atoms with Crippen LogP contribution in [0.25, 0.3) is 0 Å². The Labute approximate surface area is 173 Å². The van der Waals surface area contributed by atoms with Crippen LogP contribution in [0.4, 0.5) is 0 Å². The molecule has 0 saturated heterocycles. The fraction of sp³-hybridized carbons (Fsp3) is 0.786. The number of hydrogen-bond acceptors (Lipinski definition) is 0. The van der Waals surface area contributed by atoms with Gasteiger partial charge in [-0.3, -0.25) is 0 Å². The molecule has 0 bridgehead atoms. The van der Waals surface area contributed by atoms with E-state index in [4.69, 9.17) is 0 Å². The maximum atomic E-state index is 2.70. The molecule has 0 heterocycles. The molecule has 28 heavy (non-hydrogen) atoms. The SMILES string of the molecule is CC(C)[C@@H](C)/C=C/[C@@H](C)[C@H]1CCC2=C3C=C[C@@]45C[C@@H]4CC[C@]5(C)[C@H]3CC[C@@]21C.